The Bertz CT molecular complexity index is 1850. The summed E-state index contributed by atoms with van der Waals surface area (Å²) in [6, 6.07) is 2.99. The minimum atomic E-state index is -0.540. The fourth-order valence-electron chi connectivity index (χ4n) is 11.2. The first-order chi connectivity index (χ1) is 26.7. The molecule has 1 saturated heterocycles. The number of ether oxygens (including phenoxy) is 4. The molecule has 8 rings (SSSR count). The summed E-state index contributed by atoms with van der Waals surface area (Å²) in [6.45, 7) is 4.11. The number of phenols is 1. The SMILES string of the molecule is COc1c(C)cc2c(c1OC(=O)CCC1CCCCC1)[C@@H]1C3Cc4c(O)c(C)c5c(c4[C@H](CNC(=O)CCC4CCCCC4)N3[C@@H](C#N)[C@H](C2)N1C)OCO5.[Ac]. The maximum atomic E-state index is 13.7. The van der Waals surface area contributed by atoms with Gasteiger partial charge in [-0.2, -0.15) is 5.26 Å². The van der Waals surface area contributed by atoms with Crippen molar-refractivity contribution >= 4 is 11.9 Å². The number of methoxy groups -OCH3 is 1. The third-order valence-electron chi connectivity index (χ3n) is 14.0. The molecule has 2 aromatic carbocycles. The molecule has 2 N–H and O–H groups in total. The van der Waals surface area contributed by atoms with Crippen LogP contribution in [0.25, 0.3) is 0 Å². The smallest absolute Gasteiger partial charge is 0.311 e. The van der Waals surface area contributed by atoms with Crippen molar-refractivity contribution in [1.29, 1.82) is 5.26 Å². The van der Waals surface area contributed by atoms with Crippen LogP contribution in [0.4, 0.5) is 0 Å². The molecule has 0 aromatic heterocycles. The number of carbonyl (C=O) groups is 2. The van der Waals surface area contributed by atoms with E-state index in [1.54, 1.807) is 7.11 Å². The van der Waals surface area contributed by atoms with Crippen molar-refractivity contribution in [2.24, 2.45) is 11.8 Å². The van der Waals surface area contributed by atoms with Gasteiger partial charge in [0.2, 0.25) is 12.7 Å². The summed E-state index contributed by atoms with van der Waals surface area (Å²) in [6.07, 6.45) is 15.7. The van der Waals surface area contributed by atoms with Gasteiger partial charge in [0.05, 0.1) is 25.3 Å². The number of aromatic hydroxyl groups is 1. The molecule has 56 heavy (non-hydrogen) atoms. The number of nitriles is 1. The van der Waals surface area contributed by atoms with Crippen molar-refractivity contribution in [3.63, 3.8) is 0 Å². The Hall–Kier alpha value is -2.57. The number of esters is 1. The molecule has 1 unspecified atom stereocenters. The van der Waals surface area contributed by atoms with Gasteiger partial charge in [0.15, 0.2) is 23.0 Å². The van der Waals surface area contributed by atoms with E-state index in [2.05, 4.69) is 34.3 Å². The second-order valence-electron chi connectivity index (χ2n) is 17.1. The number of benzene rings is 2. The standard InChI is InChI=1S/C44H58N4O7.Ac/c1-25-19-29-20-31-33(22-45)48-32(39(47(31)3)37(29)44(41(25)52-4)55-36(50)18-16-28-13-9-6-10-14-28)21-30-38(43-42(53-24-54-43)26(2)40(30)51)34(48)23-46-35(49)17-15-27-11-7-5-8-12-27;/h19,27-28,31-34,39,51H,5-18,20-21,23-24H2,1-4H3,(H,46,49);/t31-,32?,33-,34-,39-;/m0./s1. The zero-order valence-electron chi connectivity index (χ0n) is 33.7. The van der Waals surface area contributed by atoms with Crippen LogP contribution >= 0.6 is 0 Å². The summed E-state index contributed by atoms with van der Waals surface area (Å²) in [5.74, 6) is 3.13. The van der Waals surface area contributed by atoms with Gasteiger partial charge >= 0.3 is 5.97 Å². The van der Waals surface area contributed by atoms with E-state index >= 15 is 0 Å². The molecule has 2 aromatic rings. The number of likely N-dealkylation sites (N-methyl/N-ethyl adjacent to an activating group) is 1. The van der Waals surface area contributed by atoms with E-state index in [0.29, 0.717) is 66.1 Å². The zero-order chi connectivity index (χ0) is 38.4. The fourth-order valence-corrected chi connectivity index (χ4v) is 11.2. The number of piperazine rings is 1. The molecule has 5 atom stereocenters. The van der Waals surface area contributed by atoms with Gasteiger partial charge < -0.3 is 29.4 Å². The molecule has 2 bridgehead atoms. The van der Waals surface area contributed by atoms with Gasteiger partial charge in [-0.05, 0) is 69.5 Å². The maximum Gasteiger partial charge on any atom is 0.311 e. The Balaban J connectivity index is 0.00000480. The van der Waals surface area contributed by atoms with E-state index in [9.17, 15) is 20.0 Å². The van der Waals surface area contributed by atoms with Gasteiger partial charge in [-0.3, -0.25) is 19.4 Å². The Morgan fingerprint density at radius 2 is 1.59 bits per heavy atom. The third-order valence-corrected chi connectivity index (χ3v) is 14.0. The summed E-state index contributed by atoms with van der Waals surface area (Å²) in [5.41, 5.74) is 4.96. The minimum absolute atomic E-state index is 0. The first-order valence-corrected chi connectivity index (χ1v) is 20.9. The second-order valence-corrected chi connectivity index (χ2v) is 17.1. The van der Waals surface area contributed by atoms with Gasteiger partial charge in [-0.15, -0.1) is 0 Å². The van der Waals surface area contributed by atoms with Crippen LogP contribution in [0.2, 0.25) is 0 Å². The predicted molar refractivity (Wildman–Crippen MR) is 206 cm³/mol. The van der Waals surface area contributed by atoms with E-state index in [0.717, 1.165) is 40.7 Å². The summed E-state index contributed by atoms with van der Waals surface area (Å²) in [4.78, 5) is 31.8. The molecule has 0 spiro atoms. The van der Waals surface area contributed by atoms with Crippen molar-refractivity contribution in [2.75, 3.05) is 27.5 Å². The molecular weight excluding hydrogens is 924 g/mol. The first kappa shape index (κ1) is 41.6. The molecule has 4 aliphatic heterocycles. The Morgan fingerprint density at radius 3 is 2.25 bits per heavy atom. The Morgan fingerprint density at radius 1 is 0.929 bits per heavy atom. The Kier molecular flexibility index (Phi) is 13.2. The number of amides is 1. The van der Waals surface area contributed by atoms with E-state index < -0.39 is 12.1 Å². The molecule has 12 heteroatoms. The van der Waals surface area contributed by atoms with Gasteiger partial charge in [-0.25, -0.2) is 0 Å². The molecule has 1 amide bonds. The molecule has 1 radical (unpaired) electrons. The number of hydrogen-bond acceptors (Lipinski definition) is 10. The largest absolute Gasteiger partial charge is 0.507 e. The summed E-state index contributed by atoms with van der Waals surface area (Å²) < 4.78 is 24.5. The molecule has 2 saturated carbocycles. The van der Waals surface area contributed by atoms with Crippen molar-refractivity contribution < 1.29 is 77.7 Å². The molecule has 4 heterocycles. The van der Waals surface area contributed by atoms with Crippen molar-refractivity contribution in [3.05, 3.63) is 39.4 Å². The number of nitrogens with one attached hydrogen (secondary N) is 1. The summed E-state index contributed by atoms with van der Waals surface area (Å²) >= 11 is 0. The topological polar surface area (TPSA) is 134 Å². The van der Waals surface area contributed by atoms with Crippen LogP contribution in [0.1, 0.15) is 135 Å². The van der Waals surface area contributed by atoms with Gasteiger partial charge in [0.1, 0.15) is 11.8 Å². The average Bonchev–Trinajstić information content (AvgIpc) is 3.69. The second kappa shape index (κ2) is 17.7. The third kappa shape index (κ3) is 7.69. The zero-order valence-corrected chi connectivity index (χ0v) is 38.4. The van der Waals surface area contributed by atoms with Crippen LogP contribution in [0.15, 0.2) is 6.07 Å². The number of rotatable bonds is 10. The fraction of sp³-hybridized carbons (Fsp3) is 0.659. The molecule has 3 fully saturated rings. The quantitative estimate of drug-likeness (QED) is 0.185. The molecule has 6 aliphatic rings. The number of phenolic OH excluding ortho intramolecular Hbond substituents is 1. The minimum Gasteiger partial charge on any atom is -0.507 e. The average molecular weight is 982 g/mol. The van der Waals surface area contributed by atoms with Gasteiger partial charge in [0, 0.05) is 97.8 Å². The van der Waals surface area contributed by atoms with Crippen LogP contribution in [-0.4, -0.2) is 72.4 Å². The summed E-state index contributed by atoms with van der Waals surface area (Å²) in [7, 11) is 3.68. The van der Waals surface area contributed by atoms with E-state index in [1.165, 1.54) is 64.2 Å². The van der Waals surface area contributed by atoms with Gasteiger partial charge in [0.25, 0.3) is 0 Å². The van der Waals surface area contributed by atoms with Crippen LogP contribution in [0.5, 0.6) is 28.7 Å². The number of carbonyl (C=O) groups excluding carboxylic acids is 2. The number of nitrogens with zero attached hydrogens (tertiary/aromatic N) is 3. The number of hydrogen-bond donors (Lipinski definition) is 2. The monoisotopic (exact) mass is 981 g/mol. The molecule has 2 aliphatic carbocycles. The Labute approximate surface area is 367 Å². The van der Waals surface area contributed by atoms with E-state index in [1.807, 2.05) is 13.8 Å². The maximum absolute atomic E-state index is 13.7. The molecule has 11 nitrogen and oxygen atoms in total. The van der Waals surface area contributed by atoms with E-state index in [-0.39, 0.29) is 93.2 Å². The normalized spacial score (nSPS) is 25.9. The van der Waals surface area contributed by atoms with E-state index in [4.69, 9.17) is 18.9 Å². The van der Waals surface area contributed by atoms with Crippen LogP contribution in [0, 0.1) is 81.1 Å². The molecule has 299 valence electrons. The van der Waals surface area contributed by atoms with Crippen molar-refractivity contribution in [2.45, 2.75) is 147 Å². The number of aryl methyl sites for hydroxylation is 1. The van der Waals surface area contributed by atoms with Crippen molar-refractivity contribution in [3.8, 4) is 34.8 Å². The first-order valence-electron chi connectivity index (χ1n) is 20.9. The summed E-state index contributed by atoms with van der Waals surface area (Å²) in [5, 5.41) is 26.2. The van der Waals surface area contributed by atoms with Crippen molar-refractivity contribution in [1.82, 2.24) is 15.1 Å². The number of fused-ring (bicyclic) bond motifs is 9. The molecular formula is C44H58AcN4O7. The van der Waals surface area contributed by atoms with Crippen LogP contribution < -0.4 is 24.3 Å². The van der Waals surface area contributed by atoms with Crippen LogP contribution in [0.3, 0.4) is 0 Å². The predicted octanol–water partition coefficient (Wildman–Crippen LogP) is 7.26. The van der Waals surface area contributed by atoms with Gasteiger partial charge in [-0.1, -0.05) is 70.3 Å². The van der Waals surface area contributed by atoms with Crippen LogP contribution in [-0.2, 0) is 22.4 Å².